The standard InChI is InChI=1S/C15H13Cl2N3/c1-3-11-8-12-18-14(16)13(15(17)20(12)19-11)10-6-4-5-9(2)7-10/h4-8H,3H2,1-2H3. The van der Waals surface area contributed by atoms with Crippen molar-refractivity contribution >= 4 is 28.8 Å². The largest absolute Gasteiger partial charge is 0.216 e. The van der Waals surface area contributed by atoms with E-state index in [1.54, 1.807) is 4.52 Å². The van der Waals surface area contributed by atoms with E-state index in [-0.39, 0.29) is 0 Å². The third-order valence-electron chi connectivity index (χ3n) is 3.22. The smallest absolute Gasteiger partial charge is 0.158 e. The van der Waals surface area contributed by atoms with E-state index in [1.165, 1.54) is 0 Å². The molecule has 2 aromatic heterocycles. The minimum Gasteiger partial charge on any atom is -0.216 e. The Morgan fingerprint density at radius 3 is 2.70 bits per heavy atom. The molecule has 0 saturated carbocycles. The van der Waals surface area contributed by atoms with Gasteiger partial charge in [0.1, 0.15) is 10.3 Å². The molecule has 0 unspecified atom stereocenters. The number of fused-ring (bicyclic) bond motifs is 1. The molecule has 0 amide bonds. The van der Waals surface area contributed by atoms with Crippen LogP contribution in [0, 0.1) is 6.92 Å². The van der Waals surface area contributed by atoms with E-state index in [1.807, 2.05) is 44.2 Å². The second-order valence-electron chi connectivity index (χ2n) is 4.70. The van der Waals surface area contributed by atoms with Crippen LogP contribution in [-0.4, -0.2) is 14.6 Å². The molecule has 20 heavy (non-hydrogen) atoms. The van der Waals surface area contributed by atoms with Crippen LogP contribution < -0.4 is 0 Å². The van der Waals surface area contributed by atoms with E-state index in [2.05, 4.69) is 10.1 Å². The predicted molar refractivity (Wildman–Crippen MR) is 82.6 cm³/mol. The Kier molecular flexibility index (Phi) is 3.40. The fourth-order valence-electron chi connectivity index (χ4n) is 2.20. The number of aromatic nitrogens is 3. The number of halogens is 2. The van der Waals surface area contributed by atoms with Gasteiger partial charge in [-0.2, -0.15) is 5.10 Å². The maximum absolute atomic E-state index is 6.48. The van der Waals surface area contributed by atoms with E-state index in [9.17, 15) is 0 Å². The van der Waals surface area contributed by atoms with Crippen molar-refractivity contribution in [3.63, 3.8) is 0 Å². The van der Waals surface area contributed by atoms with E-state index in [4.69, 9.17) is 23.2 Å². The normalized spacial score (nSPS) is 11.2. The third kappa shape index (κ3) is 2.17. The molecule has 5 heteroatoms. The van der Waals surface area contributed by atoms with Gasteiger partial charge in [0, 0.05) is 6.07 Å². The van der Waals surface area contributed by atoms with Gasteiger partial charge in [-0.1, -0.05) is 60.0 Å². The van der Waals surface area contributed by atoms with Crippen LogP contribution in [0.1, 0.15) is 18.2 Å². The molecule has 0 saturated heterocycles. The maximum Gasteiger partial charge on any atom is 0.158 e. The highest BCUT2D eigenvalue weighted by atomic mass is 35.5. The summed E-state index contributed by atoms with van der Waals surface area (Å²) in [6.45, 7) is 4.07. The fourth-order valence-corrected chi connectivity index (χ4v) is 2.86. The average Bonchev–Trinajstić information content (AvgIpc) is 2.82. The lowest BCUT2D eigenvalue weighted by atomic mass is 10.1. The highest BCUT2D eigenvalue weighted by molar-refractivity contribution is 6.38. The van der Waals surface area contributed by atoms with Crippen LogP contribution in [0.4, 0.5) is 0 Å². The van der Waals surface area contributed by atoms with Crippen LogP contribution >= 0.6 is 23.2 Å². The Bertz CT molecular complexity index is 793. The minimum atomic E-state index is 0.399. The zero-order valence-corrected chi connectivity index (χ0v) is 12.7. The zero-order chi connectivity index (χ0) is 14.3. The van der Waals surface area contributed by atoms with E-state index in [0.717, 1.165) is 28.8 Å². The zero-order valence-electron chi connectivity index (χ0n) is 11.2. The summed E-state index contributed by atoms with van der Waals surface area (Å²) in [7, 11) is 0. The molecule has 0 radical (unpaired) electrons. The predicted octanol–water partition coefficient (Wildman–Crippen LogP) is 4.57. The van der Waals surface area contributed by atoms with Crippen molar-refractivity contribution in [3.8, 4) is 11.1 Å². The summed E-state index contributed by atoms with van der Waals surface area (Å²) >= 11 is 12.8. The van der Waals surface area contributed by atoms with Crippen molar-refractivity contribution in [3.05, 3.63) is 51.9 Å². The van der Waals surface area contributed by atoms with Crippen LogP contribution in [0.15, 0.2) is 30.3 Å². The van der Waals surface area contributed by atoms with Crippen LogP contribution in [0.2, 0.25) is 10.3 Å². The van der Waals surface area contributed by atoms with Crippen molar-refractivity contribution < 1.29 is 0 Å². The number of hydrogen-bond donors (Lipinski definition) is 0. The molecule has 1 aromatic carbocycles. The molecule has 3 rings (SSSR count). The molecule has 0 spiro atoms. The summed E-state index contributed by atoms with van der Waals surface area (Å²) in [5.41, 5.74) is 4.42. The molecule has 0 atom stereocenters. The first-order valence-electron chi connectivity index (χ1n) is 6.41. The van der Waals surface area contributed by atoms with Gasteiger partial charge in [-0.05, 0) is 18.9 Å². The monoisotopic (exact) mass is 305 g/mol. The highest BCUT2D eigenvalue weighted by Gasteiger charge is 2.16. The Hall–Kier alpha value is -1.58. The van der Waals surface area contributed by atoms with Gasteiger partial charge in [0.15, 0.2) is 5.65 Å². The molecule has 0 fully saturated rings. The molecule has 0 aliphatic carbocycles. The van der Waals surface area contributed by atoms with Crippen molar-refractivity contribution in [2.24, 2.45) is 0 Å². The van der Waals surface area contributed by atoms with Crippen LogP contribution in [0.5, 0.6) is 0 Å². The van der Waals surface area contributed by atoms with Crippen molar-refractivity contribution in [1.29, 1.82) is 0 Å². The number of aryl methyl sites for hydroxylation is 2. The Morgan fingerprint density at radius 1 is 1.20 bits per heavy atom. The summed E-state index contributed by atoms with van der Waals surface area (Å²) in [5, 5.41) is 5.33. The van der Waals surface area contributed by atoms with Crippen LogP contribution in [0.3, 0.4) is 0 Å². The van der Waals surface area contributed by atoms with Gasteiger partial charge in [0.2, 0.25) is 0 Å². The third-order valence-corrected chi connectivity index (χ3v) is 3.84. The van der Waals surface area contributed by atoms with E-state index >= 15 is 0 Å². The second-order valence-corrected chi connectivity index (χ2v) is 5.41. The molecule has 0 aliphatic heterocycles. The van der Waals surface area contributed by atoms with Gasteiger partial charge in [-0.3, -0.25) is 0 Å². The summed E-state index contributed by atoms with van der Waals surface area (Å²) < 4.78 is 1.64. The molecule has 0 bridgehead atoms. The van der Waals surface area contributed by atoms with Gasteiger partial charge >= 0.3 is 0 Å². The lowest BCUT2D eigenvalue weighted by molar-refractivity contribution is 0.889. The lowest BCUT2D eigenvalue weighted by Crippen LogP contribution is -1.97. The number of hydrogen-bond acceptors (Lipinski definition) is 2. The molecule has 102 valence electrons. The first kappa shape index (κ1) is 13.4. The lowest BCUT2D eigenvalue weighted by Gasteiger charge is -2.08. The number of rotatable bonds is 2. The molecular weight excluding hydrogens is 293 g/mol. The topological polar surface area (TPSA) is 30.2 Å². The maximum atomic E-state index is 6.48. The molecule has 0 aliphatic rings. The molecule has 0 N–H and O–H groups in total. The van der Waals surface area contributed by atoms with Gasteiger partial charge < -0.3 is 0 Å². The quantitative estimate of drug-likeness (QED) is 0.649. The summed E-state index contributed by atoms with van der Waals surface area (Å²) in [5.74, 6) is 0. The molecule has 3 nitrogen and oxygen atoms in total. The first-order chi connectivity index (χ1) is 9.60. The summed E-state index contributed by atoms with van der Waals surface area (Å²) in [6, 6.07) is 9.91. The summed E-state index contributed by atoms with van der Waals surface area (Å²) in [6.07, 6.45) is 0.830. The Balaban J connectivity index is 2.30. The second kappa shape index (κ2) is 5.08. The minimum absolute atomic E-state index is 0.399. The fraction of sp³-hybridized carbons (Fsp3) is 0.200. The highest BCUT2D eigenvalue weighted by Crippen LogP contribution is 2.34. The van der Waals surface area contributed by atoms with Crippen molar-refractivity contribution in [1.82, 2.24) is 14.6 Å². The first-order valence-corrected chi connectivity index (χ1v) is 7.16. The van der Waals surface area contributed by atoms with E-state index in [0.29, 0.717) is 16.0 Å². The summed E-state index contributed by atoms with van der Waals surface area (Å²) in [4.78, 5) is 4.39. The molecule has 2 heterocycles. The van der Waals surface area contributed by atoms with Gasteiger partial charge in [-0.25, -0.2) is 9.50 Å². The average molecular weight is 306 g/mol. The van der Waals surface area contributed by atoms with Crippen molar-refractivity contribution in [2.75, 3.05) is 0 Å². The van der Waals surface area contributed by atoms with Gasteiger partial charge in [0.05, 0.1) is 11.3 Å². The van der Waals surface area contributed by atoms with E-state index < -0.39 is 0 Å². The number of benzene rings is 1. The number of nitrogens with zero attached hydrogens (tertiary/aromatic N) is 3. The van der Waals surface area contributed by atoms with Gasteiger partial charge in [-0.15, -0.1) is 0 Å². The van der Waals surface area contributed by atoms with Crippen LogP contribution in [0.25, 0.3) is 16.8 Å². The van der Waals surface area contributed by atoms with Gasteiger partial charge in [0.25, 0.3) is 0 Å². The Morgan fingerprint density at radius 2 is 2.00 bits per heavy atom. The Labute approximate surface area is 127 Å². The molecular formula is C15H13Cl2N3. The van der Waals surface area contributed by atoms with Crippen molar-refractivity contribution in [2.45, 2.75) is 20.3 Å². The van der Waals surface area contributed by atoms with Crippen LogP contribution in [-0.2, 0) is 6.42 Å². The molecule has 3 aromatic rings. The SMILES string of the molecule is CCc1cc2nc(Cl)c(-c3cccc(C)c3)c(Cl)n2n1.